The van der Waals surface area contributed by atoms with Crippen LogP contribution in [0.3, 0.4) is 0 Å². The van der Waals surface area contributed by atoms with Crippen molar-refractivity contribution >= 4 is 38.9 Å². The predicted octanol–water partition coefficient (Wildman–Crippen LogP) is 7.30. The number of carbonyl (C=O) groups is 1. The first-order valence-corrected chi connectivity index (χ1v) is 12.4. The summed E-state index contributed by atoms with van der Waals surface area (Å²) in [7, 11) is -4.05. The van der Waals surface area contributed by atoms with Crippen molar-refractivity contribution in [2.24, 2.45) is 0 Å². The van der Waals surface area contributed by atoms with Gasteiger partial charge in [-0.25, -0.2) is 12.8 Å². The van der Waals surface area contributed by atoms with Gasteiger partial charge in [0.2, 0.25) is 0 Å². The van der Waals surface area contributed by atoms with Crippen LogP contribution in [0.25, 0.3) is 0 Å². The summed E-state index contributed by atoms with van der Waals surface area (Å²) < 4.78 is 121. The maximum atomic E-state index is 14.5. The van der Waals surface area contributed by atoms with E-state index in [1.165, 1.54) is 48.5 Å². The van der Waals surface area contributed by atoms with Crippen molar-refractivity contribution in [2.75, 3.05) is 10.0 Å². The average Bonchev–Trinajstić information content (AvgIpc) is 2.79. The number of carbonyl (C=O) groups excluding carboxylic acids is 1. The second-order valence-corrected chi connectivity index (χ2v) is 10.4. The van der Waals surface area contributed by atoms with Crippen molar-refractivity contribution in [3.05, 3.63) is 87.9 Å². The number of alkyl halides is 7. The summed E-state index contributed by atoms with van der Waals surface area (Å²) in [6.45, 7) is 2.21. The number of anilines is 2. The van der Waals surface area contributed by atoms with Crippen LogP contribution in [0.1, 0.15) is 27.0 Å². The Kier molecular flexibility index (Phi) is 7.77. The molecule has 0 spiro atoms. The molecule has 0 aromatic heterocycles. The molecule has 2 N–H and O–H groups in total. The van der Waals surface area contributed by atoms with Gasteiger partial charge >= 0.3 is 18.0 Å². The first-order chi connectivity index (χ1) is 17.4. The third kappa shape index (κ3) is 5.73. The zero-order valence-corrected chi connectivity index (χ0v) is 21.0. The lowest BCUT2D eigenvalue weighted by Gasteiger charge is -2.31. The van der Waals surface area contributed by atoms with Crippen molar-refractivity contribution < 1.29 is 43.9 Å². The van der Waals surface area contributed by atoms with Gasteiger partial charge in [-0.2, -0.15) is 26.3 Å². The topological polar surface area (TPSA) is 75.3 Å². The van der Waals surface area contributed by atoms with Crippen LogP contribution in [0.5, 0.6) is 0 Å². The van der Waals surface area contributed by atoms with Gasteiger partial charge in [0, 0.05) is 27.5 Å². The molecule has 204 valence electrons. The second kappa shape index (κ2) is 10.1. The molecule has 3 rings (SSSR count). The smallest absolute Gasteiger partial charge is 0.322 e. The van der Waals surface area contributed by atoms with Crippen LogP contribution < -0.4 is 10.0 Å². The van der Waals surface area contributed by atoms with Crippen LogP contribution in [0.2, 0.25) is 5.02 Å². The molecule has 38 heavy (non-hydrogen) atoms. The molecule has 3 aromatic rings. The molecule has 3 aromatic carbocycles. The Morgan fingerprint density at radius 1 is 0.816 bits per heavy atom. The van der Waals surface area contributed by atoms with E-state index in [0.717, 1.165) is 13.8 Å². The molecule has 0 radical (unpaired) electrons. The summed E-state index contributed by atoms with van der Waals surface area (Å²) in [5, 5.41) is 2.68. The number of hydrogen-bond donors (Lipinski definition) is 2. The summed E-state index contributed by atoms with van der Waals surface area (Å²) in [5.74, 6) is -0.852. The lowest BCUT2D eigenvalue weighted by molar-refractivity contribution is -0.348. The number of nitrogens with one attached hydrogen (secondary N) is 2. The Bertz CT molecular complexity index is 1430. The summed E-state index contributed by atoms with van der Waals surface area (Å²) >= 11 is 5.76. The zero-order chi connectivity index (χ0) is 28.7. The fourth-order valence-electron chi connectivity index (χ4n) is 3.59. The molecule has 0 aliphatic carbocycles. The lowest BCUT2D eigenvalue weighted by Crippen LogP contribution is -2.50. The highest BCUT2D eigenvalue weighted by molar-refractivity contribution is 7.92. The molecule has 0 aliphatic heterocycles. The summed E-state index contributed by atoms with van der Waals surface area (Å²) in [6, 6.07) is 11.2. The number of aryl methyl sites for hydroxylation is 2. The fourth-order valence-corrected chi connectivity index (χ4v) is 4.76. The second-order valence-electron chi connectivity index (χ2n) is 8.23. The normalized spacial score (nSPS) is 12.8. The summed E-state index contributed by atoms with van der Waals surface area (Å²) in [4.78, 5) is 12.7. The van der Waals surface area contributed by atoms with Crippen LogP contribution in [-0.2, 0) is 15.7 Å². The minimum absolute atomic E-state index is 0.00559. The van der Waals surface area contributed by atoms with Gasteiger partial charge in [-0.15, -0.1) is 0 Å². The number of hydrogen-bond acceptors (Lipinski definition) is 3. The third-order valence-corrected chi connectivity index (χ3v) is 7.10. The first kappa shape index (κ1) is 29.2. The highest BCUT2D eigenvalue weighted by atomic mass is 35.5. The monoisotopic (exact) mass is 582 g/mol. The number of halogens is 8. The molecule has 0 atom stereocenters. The van der Waals surface area contributed by atoms with Gasteiger partial charge < -0.3 is 5.32 Å². The molecule has 0 unspecified atom stereocenters. The minimum Gasteiger partial charge on any atom is -0.322 e. The molecular weight excluding hydrogens is 565 g/mol. The highest BCUT2D eigenvalue weighted by Crippen LogP contribution is 2.53. The van der Waals surface area contributed by atoms with Crippen molar-refractivity contribution in [1.82, 2.24) is 0 Å². The van der Waals surface area contributed by atoms with Gasteiger partial charge in [-0.05, 0) is 67.4 Å². The van der Waals surface area contributed by atoms with E-state index in [-0.39, 0.29) is 33.0 Å². The lowest BCUT2D eigenvalue weighted by atomic mass is 9.90. The Balaban J connectivity index is 1.89. The molecule has 0 heterocycles. The van der Waals surface area contributed by atoms with E-state index in [1.54, 1.807) is 0 Å². The van der Waals surface area contributed by atoms with Crippen LogP contribution in [-0.4, -0.2) is 26.7 Å². The number of amides is 1. The van der Waals surface area contributed by atoms with Crippen LogP contribution in [0, 0.1) is 13.8 Å². The van der Waals surface area contributed by atoms with E-state index in [0.29, 0.717) is 17.2 Å². The number of benzene rings is 3. The average molecular weight is 583 g/mol. The van der Waals surface area contributed by atoms with E-state index < -0.39 is 39.5 Å². The Morgan fingerprint density at radius 3 is 1.84 bits per heavy atom. The van der Waals surface area contributed by atoms with Crippen molar-refractivity contribution in [1.29, 1.82) is 0 Å². The van der Waals surface area contributed by atoms with E-state index in [1.807, 2.05) is 0 Å². The van der Waals surface area contributed by atoms with Crippen molar-refractivity contribution in [2.45, 2.75) is 36.8 Å². The summed E-state index contributed by atoms with van der Waals surface area (Å²) in [6.07, 6.45) is -12.6. The summed E-state index contributed by atoms with van der Waals surface area (Å²) in [5.41, 5.74) is -8.05. The largest absolute Gasteiger partial charge is 0.435 e. The Hall–Kier alpha value is -3.32. The number of sulfonamides is 1. The van der Waals surface area contributed by atoms with Crippen LogP contribution >= 0.6 is 11.6 Å². The number of rotatable bonds is 6. The van der Waals surface area contributed by atoms with Crippen molar-refractivity contribution in [3.63, 3.8) is 0 Å². The molecular formula is C24H18ClF7N2O3S. The predicted molar refractivity (Wildman–Crippen MR) is 127 cm³/mol. The van der Waals surface area contributed by atoms with Gasteiger partial charge in [-0.3, -0.25) is 9.52 Å². The third-order valence-electron chi connectivity index (χ3n) is 5.45. The molecule has 0 saturated heterocycles. The van der Waals surface area contributed by atoms with E-state index in [2.05, 4.69) is 10.0 Å². The quantitative estimate of drug-likeness (QED) is 0.300. The van der Waals surface area contributed by atoms with Gasteiger partial charge in [0.05, 0.1) is 4.90 Å². The van der Waals surface area contributed by atoms with E-state index in [9.17, 15) is 43.9 Å². The van der Waals surface area contributed by atoms with E-state index in [4.69, 9.17) is 11.6 Å². The van der Waals surface area contributed by atoms with Crippen molar-refractivity contribution in [3.8, 4) is 0 Å². The molecule has 0 saturated carbocycles. The van der Waals surface area contributed by atoms with E-state index >= 15 is 0 Å². The first-order valence-electron chi connectivity index (χ1n) is 10.5. The zero-order valence-electron chi connectivity index (χ0n) is 19.4. The molecule has 5 nitrogen and oxygen atoms in total. The Morgan fingerprint density at radius 2 is 1.34 bits per heavy atom. The fraction of sp³-hybridized carbons (Fsp3) is 0.208. The van der Waals surface area contributed by atoms with Gasteiger partial charge in [0.1, 0.15) is 0 Å². The SMILES string of the molecule is Cc1cc(C(F)(C(F)(F)F)C(F)(F)F)cc(C)c1NC(=O)c1cccc(NS(=O)(=O)c2ccc(Cl)cc2)c1. The Labute approximate surface area is 217 Å². The van der Waals surface area contributed by atoms with Crippen LogP contribution in [0.15, 0.2) is 65.6 Å². The van der Waals surface area contributed by atoms with Crippen LogP contribution in [0.4, 0.5) is 42.1 Å². The minimum atomic E-state index is -6.28. The highest BCUT2D eigenvalue weighted by Gasteiger charge is 2.73. The molecule has 0 bridgehead atoms. The van der Waals surface area contributed by atoms with Gasteiger partial charge in [0.15, 0.2) is 0 Å². The molecule has 14 heteroatoms. The molecule has 1 amide bonds. The standard InChI is InChI=1S/C24H18ClF7N2O3S/c1-13-10-16(22(26,23(27,28)29)24(30,31)32)11-14(2)20(13)33-21(35)15-4-3-5-18(12-15)34-38(36,37)19-8-6-17(25)7-9-19/h3-12,34H,1-2H3,(H,33,35). The maximum absolute atomic E-state index is 14.5. The molecule has 0 aliphatic rings. The van der Waals surface area contributed by atoms with Gasteiger partial charge in [0.25, 0.3) is 15.9 Å². The molecule has 0 fully saturated rings. The van der Waals surface area contributed by atoms with Gasteiger partial charge in [-0.1, -0.05) is 29.8 Å². The maximum Gasteiger partial charge on any atom is 0.435 e.